The van der Waals surface area contributed by atoms with Gasteiger partial charge < -0.3 is 10.1 Å². The lowest BCUT2D eigenvalue weighted by Gasteiger charge is -2.17. The van der Waals surface area contributed by atoms with Crippen LogP contribution < -0.4 is 10.1 Å². The number of halogens is 1. The summed E-state index contributed by atoms with van der Waals surface area (Å²) >= 11 is 6.14. The molecule has 1 saturated carbocycles. The number of hydrogen-bond acceptors (Lipinski definition) is 2. The molecule has 2 aromatic rings. The van der Waals surface area contributed by atoms with Gasteiger partial charge in [-0.05, 0) is 54.7 Å². The Bertz CT molecular complexity index is 796. The molecule has 23 heavy (non-hydrogen) atoms. The first-order chi connectivity index (χ1) is 11.1. The van der Waals surface area contributed by atoms with Gasteiger partial charge in [0.2, 0.25) is 5.91 Å². The van der Waals surface area contributed by atoms with Gasteiger partial charge in [0, 0.05) is 17.1 Å². The number of hydrogen-bond donors (Lipinski definition) is 1. The molecular weight excluding hydrogens is 310 g/mol. The number of rotatable bonds is 3. The molecule has 1 aliphatic carbocycles. The average Bonchev–Trinajstić information content (AvgIpc) is 3.22. The lowest BCUT2D eigenvalue weighted by Crippen LogP contribution is -2.27. The summed E-state index contributed by atoms with van der Waals surface area (Å²) in [6.07, 6.45) is 2.70. The van der Waals surface area contributed by atoms with E-state index in [-0.39, 0.29) is 5.91 Å². The Kier molecular flexibility index (Phi) is 3.34. The second-order valence-corrected chi connectivity index (χ2v) is 6.83. The summed E-state index contributed by atoms with van der Waals surface area (Å²) in [4.78, 5) is 12.8. The zero-order valence-corrected chi connectivity index (χ0v) is 13.7. The molecule has 0 aromatic heterocycles. The quantitative estimate of drug-likeness (QED) is 0.915. The molecular formula is C19H18ClNO2. The smallest absolute Gasteiger partial charge is 0.235 e. The zero-order chi connectivity index (χ0) is 16.0. The highest BCUT2D eigenvalue weighted by Gasteiger charge is 2.51. The van der Waals surface area contributed by atoms with E-state index in [0.717, 1.165) is 48.4 Å². The maximum absolute atomic E-state index is 12.8. The molecule has 4 heteroatoms. The van der Waals surface area contributed by atoms with Crippen LogP contribution in [0.1, 0.15) is 29.5 Å². The molecule has 0 saturated heterocycles. The van der Waals surface area contributed by atoms with Gasteiger partial charge in [0.1, 0.15) is 5.75 Å². The minimum Gasteiger partial charge on any atom is -0.493 e. The number of nitrogens with one attached hydrogen (secondary N) is 1. The third-order valence-corrected chi connectivity index (χ3v) is 5.26. The van der Waals surface area contributed by atoms with E-state index >= 15 is 0 Å². The summed E-state index contributed by atoms with van der Waals surface area (Å²) in [7, 11) is 0. The predicted octanol–water partition coefficient (Wildman–Crippen LogP) is 4.25. The molecule has 1 heterocycles. The summed E-state index contributed by atoms with van der Waals surface area (Å²) in [5.41, 5.74) is 3.66. The maximum Gasteiger partial charge on any atom is 0.235 e. The molecule has 118 valence electrons. The van der Waals surface area contributed by atoms with Gasteiger partial charge in [0.15, 0.2) is 0 Å². The van der Waals surface area contributed by atoms with Crippen molar-refractivity contribution >= 4 is 23.2 Å². The fraction of sp³-hybridized carbons (Fsp3) is 0.316. The summed E-state index contributed by atoms with van der Waals surface area (Å²) in [5, 5.41) is 3.69. The highest BCUT2D eigenvalue weighted by molar-refractivity contribution is 6.31. The van der Waals surface area contributed by atoms with E-state index in [1.54, 1.807) is 6.07 Å². The van der Waals surface area contributed by atoms with Crippen LogP contribution in [0.4, 0.5) is 5.69 Å². The normalized spacial score (nSPS) is 17.3. The average molecular weight is 328 g/mol. The Morgan fingerprint density at radius 1 is 1.22 bits per heavy atom. The minimum atomic E-state index is -0.394. The Hall–Kier alpha value is -2.00. The van der Waals surface area contributed by atoms with Crippen molar-refractivity contribution in [2.24, 2.45) is 0 Å². The summed E-state index contributed by atoms with van der Waals surface area (Å²) in [6.45, 7) is 2.68. The second-order valence-electron chi connectivity index (χ2n) is 6.42. The third-order valence-electron chi connectivity index (χ3n) is 4.86. The Labute approximate surface area is 140 Å². The van der Waals surface area contributed by atoms with E-state index in [1.807, 2.05) is 31.2 Å². The van der Waals surface area contributed by atoms with Crippen LogP contribution in [-0.2, 0) is 16.6 Å². The molecule has 0 bridgehead atoms. The molecule has 0 atom stereocenters. The maximum atomic E-state index is 12.8. The fourth-order valence-electron chi connectivity index (χ4n) is 3.18. The number of aryl methyl sites for hydroxylation is 1. The van der Waals surface area contributed by atoms with Crippen molar-refractivity contribution in [2.45, 2.75) is 31.6 Å². The van der Waals surface area contributed by atoms with Crippen molar-refractivity contribution in [3.8, 4) is 5.75 Å². The third kappa shape index (κ3) is 2.49. The largest absolute Gasteiger partial charge is 0.493 e. The van der Waals surface area contributed by atoms with Crippen LogP contribution in [-0.4, -0.2) is 12.5 Å². The Morgan fingerprint density at radius 2 is 2.04 bits per heavy atom. The van der Waals surface area contributed by atoms with E-state index in [1.165, 1.54) is 5.56 Å². The van der Waals surface area contributed by atoms with Gasteiger partial charge in [-0.25, -0.2) is 0 Å². The number of benzene rings is 2. The number of carbonyl (C=O) groups is 1. The van der Waals surface area contributed by atoms with E-state index < -0.39 is 5.41 Å². The van der Waals surface area contributed by atoms with Crippen LogP contribution in [0, 0.1) is 6.92 Å². The number of anilines is 1. The van der Waals surface area contributed by atoms with Crippen LogP contribution in [0.3, 0.4) is 0 Å². The van der Waals surface area contributed by atoms with Crippen molar-refractivity contribution < 1.29 is 9.53 Å². The molecule has 0 unspecified atom stereocenters. The van der Waals surface area contributed by atoms with E-state index in [0.29, 0.717) is 5.02 Å². The summed E-state index contributed by atoms with van der Waals surface area (Å²) < 4.78 is 5.55. The SMILES string of the molecule is Cc1ccc(NC(=O)C2(c3ccc4c(c3)CCO4)CC2)cc1Cl. The van der Waals surface area contributed by atoms with Crippen LogP contribution in [0.2, 0.25) is 5.02 Å². The summed E-state index contributed by atoms with van der Waals surface area (Å²) in [5.74, 6) is 1.01. The summed E-state index contributed by atoms with van der Waals surface area (Å²) in [6, 6.07) is 11.8. The molecule has 1 N–H and O–H groups in total. The second kappa shape index (κ2) is 5.27. The minimum absolute atomic E-state index is 0.0521. The van der Waals surface area contributed by atoms with Crippen LogP contribution >= 0.6 is 11.6 Å². The predicted molar refractivity (Wildman–Crippen MR) is 91.4 cm³/mol. The van der Waals surface area contributed by atoms with Gasteiger partial charge in [0.05, 0.1) is 12.0 Å². The first-order valence-electron chi connectivity index (χ1n) is 7.92. The Balaban J connectivity index is 1.59. The first-order valence-corrected chi connectivity index (χ1v) is 8.30. The Morgan fingerprint density at radius 3 is 2.78 bits per heavy atom. The molecule has 1 amide bonds. The van der Waals surface area contributed by atoms with Crippen LogP contribution in [0.25, 0.3) is 0 Å². The molecule has 2 aromatic carbocycles. The van der Waals surface area contributed by atoms with Crippen LogP contribution in [0.5, 0.6) is 5.75 Å². The van der Waals surface area contributed by atoms with Crippen LogP contribution in [0.15, 0.2) is 36.4 Å². The van der Waals surface area contributed by atoms with Gasteiger partial charge >= 0.3 is 0 Å². The number of fused-ring (bicyclic) bond motifs is 1. The molecule has 1 aliphatic heterocycles. The highest BCUT2D eigenvalue weighted by atomic mass is 35.5. The van der Waals surface area contributed by atoms with Crippen molar-refractivity contribution in [2.75, 3.05) is 11.9 Å². The highest BCUT2D eigenvalue weighted by Crippen LogP contribution is 2.50. The molecule has 0 radical (unpaired) electrons. The van der Waals surface area contributed by atoms with Crippen molar-refractivity contribution in [1.29, 1.82) is 0 Å². The van der Waals surface area contributed by atoms with Gasteiger partial charge in [-0.15, -0.1) is 0 Å². The topological polar surface area (TPSA) is 38.3 Å². The number of amides is 1. The van der Waals surface area contributed by atoms with E-state index in [4.69, 9.17) is 16.3 Å². The van der Waals surface area contributed by atoms with Crippen molar-refractivity contribution in [1.82, 2.24) is 0 Å². The molecule has 2 aliphatic rings. The van der Waals surface area contributed by atoms with Crippen molar-refractivity contribution in [3.63, 3.8) is 0 Å². The standard InChI is InChI=1S/C19H18ClNO2/c1-12-2-4-15(11-16(12)20)21-18(22)19(7-8-19)14-3-5-17-13(10-14)6-9-23-17/h2-5,10-11H,6-9H2,1H3,(H,21,22). The molecule has 1 fully saturated rings. The van der Waals surface area contributed by atoms with Gasteiger partial charge in [-0.1, -0.05) is 29.8 Å². The lowest BCUT2D eigenvalue weighted by atomic mass is 9.92. The van der Waals surface area contributed by atoms with Crippen molar-refractivity contribution in [3.05, 3.63) is 58.1 Å². The molecule has 0 spiro atoms. The van der Waals surface area contributed by atoms with E-state index in [2.05, 4.69) is 11.4 Å². The number of ether oxygens (including phenoxy) is 1. The fourth-order valence-corrected chi connectivity index (χ4v) is 3.36. The van der Waals surface area contributed by atoms with Gasteiger partial charge in [-0.2, -0.15) is 0 Å². The zero-order valence-electron chi connectivity index (χ0n) is 13.0. The monoisotopic (exact) mass is 327 g/mol. The number of carbonyl (C=O) groups excluding carboxylic acids is 1. The van der Waals surface area contributed by atoms with Gasteiger partial charge in [-0.3, -0.25) is 4.79 Å². The lowest BCUT2D eigenvalue weighted by molar-refractivity contribution is -0.118. The molecule has 3 nitrogen and oxygen atoms in total. The van der Waals surface area contributed by atoms with Gasteiger partial charge in [0.25, 0.3) is 0 Å². The molecule has 4 rings (SSSR count). The van der Waals surface area contributed by atoms with E-state index in [9.17, 15) is 4.79 Å². The first kappa shape index (κ1) is 14.6.